The fraction of sp³-hybridized carbons (Fsp3) is 0. The van der Waals surface area contributed by atoms with Crippen LogP contribution in [0.4, 0.5) is 0 Å². The van der Waals surface area contributed by atoms with Gasteiger partial charge in [-0.2, -0.15) is 0 Å². The highest BCUT2D eigenvalue weighted by atomic mass is 16.1. The number of benzene rings is 6. The molecule has 6 aromatic carbocycles. The molecule has 0 amide bonds. The number of aldehydes is 2. The molecule has 6 aromatic rings. The quantitative estimate of drug-likeness (QED) is 0.158. The van der Waals surface area contributed by atoms with E-state index in [2.05, 4.69) is 0 Å². The molecule has 0 saturated heterocycles. The van der Waals surface area contributed by atoms with Crippen molar-refractivity contribution in [3.05, 3.63) is 136 Å². The molecule has 0 bridgehead atoms. The lowest BCUT2D eigenvalue weighted by Crippen LogP contribution is -2.24. The lowest BCUT2D eigenvalue weighted by Gasteiger charge is -2.14. The van der Waals surface area contributed by atoms with Gasteiger partial charge in [-0.1, -0.05) is 72.8 Å². The van der Waals surface area contributed by atoms with Gasteiger partial charge in [0.15, 0.2) is 40.1 Å². The fourth-order valence-corrected chi connectivity index (χ4v) is 5.28. The first-order valence-corrected chi connectivity index (χ1v) is 11.6. The van der Waals surface area contributed by atoms with Gasteiger partial charge in [0, 0.05) is 65.3 Å². The van der Waals surface area contributed by atoms with Crippen LogP contribution in [0.15, 0.2) is 92.0 Å². The van der Waals surface area contributed by atoms with Crippen LogP contribution in [0.5, 0.6) is 0 Å². The Kier molecular flexibility index (Phi) is 5.03. The summed E-state index contributed by atoms with van der Waals surface area (Å²) in [4.78, 5) is 93.5. The number of hydrogen-bond acceptors (Lipinski definition) is 7. The molecule has 38 heavy (non-hydrogen) atoms. The smallest absolute Gasteiger partial charge is 0.195 e. The standard InChI is InChI=1S/C31H14O7/c32-13-15-7-1-2-8-16(15)27(34)22-21(14-33)23-25(29(36)18-10-4-3-9-17(18)28(23)35)26-24(22)30(37)19-11-5-6-12-20(19)31(26)38/h1-14H. The van der Waals surface area contributed by atoms with Crippen LogP contribution in [0.3, 0.4) is 0 Å². The summed E-state index contributed by atoms with van der Waals surface area (Å²) < 4.78 is 0. The Morgan fingerprint density at radius 3 is 1.42 bits per heavy atom. The summed E-state index contributed by atoms with van der Waals surface area (Å²) in [6.45, 7) is 0. The van der Waals surface area contributed by atoms with Crippen LogP contribution in [0.2, 0.25) is 0 Å². The Morgan fingerprint density at radius 1 is 0.500 bits per heavy atom. The number of rotatable bonds is 4. The Labute approximate surface area is 211 Å². The average Bonchev–Trinajstić information content (AvgIpc) is 2.96. The maximum absolute atomic E-state index is 14.0. The molecule has 0 unspecified atom stereocenters. The SMILES string of the molecule is O=Cc1ccccc1C(=O)c1c(C=O)c2c(=O)c3ccccc3c(=O)c2c2c(=O)c3ccccc3c(=O)c12. The van der Waals surface area contributed by atoms with Crippen molar-refractivity contribution in [3.63, 3.8) is 0 Å². The van der Waals surface area contributed by atoms with Gasteiger partial charge in [0.2, 0.25) is 0 Å². The van der Waals surface area contributed by atoms with Crippen LogP contribution < -0.4 is 21.7 Å². The average molecular weight is 498 g/mol. The van der Waals surface area contributed by atoms with Crippen LogP contribution >= 0.6 is 0 Å². The van der Waals surface area contributed by atoms with Gasteiger partial charge in [0.1, 0.15) is 0 Å². The molecule has 0 N–H and O–H groups in total. The van der Waals surface area contributed by atoms with Gasteiger partial charge in [0.05, 0.1) is 0 Å². The van der Waals surface area contributed by atoms with Crippen molar-refractivity contribution >= 4 is 61.4 Å². The predicted octanol–water partition coefficient (Wildman–Crippen LogP) is 3.47. The van der Waals surface area contributed by atoms with E-state index in [4.69, 9.17) is 0 Å². The number of ketones is 1. The third-order valence-electron chi connectivity index (χ3n) is 6.96. The molecule has 0 saturated carbocycles. The zero-order valence-corrected chi connectivity index (χ0v) is 19.4. The van der Waals surface area contributed by atoms with E-state index in [1.165, 1.54) is 48.5 Å². The van der Waals surface area contributed by atoms with Gasteiger partial charge in [-0.3, -0.25) is 33.6 Å². The van der Waals surface area contributed by atoms with E-state index in [0.717, 1.165) is 0 Å². The first-order valence-electron chi connectivity index (χ1n) is 11.6. The molecule has 0 aliphatic carbocycles. The molecule has 0 aliphatic heterocycles. The molecule has 0 radical (unpaired) electrons. The number of fused-ring (bicyclic) bond motifs is 5. The van der Waals surface area contributed by atoms with E-state index in [1.807, 2.05) is 0 Å². The zero-order valence-electron chi connectivity index (χ0n) is 19.4. The first kappa shape index (κ1) is 23.0. The fourth-order valence-electron chi connectivity index (χ4n) is 5.28. The van der Waals surface area contributed by atoms with E-state index in [0.29, 0.717) is 6.29 Å². The summed E-state index contributed by atoms with van der Waals surface area (Å²) >= 11 is 0. The Balaban J connectivity index is 2.03. The monoisotopic (exact) mass is 498 g/mol. The van der Waals surface area contributed by atoms with Crippen molar-refractivity contribution in [2.75, 3.05) is 0 Å². The lowest BCUT2D eigenvalue weighted by atomic mass is 9.84. The summed E-state index contributed by atoms with van der Waals surface area (Å²) in [5.74, 6) is -0.895. The molecule has 180 valence electrons. The zero-order chi connectivity index (χ0) is 26.7. The van der Waals surface area contributed by atoms with Crippen LogP contribution in [0, 0.1) is 0 Å². The van der Waals surface area contributed by atoms with Crippen LogP contribution in [-0.4, -0.2) is 18.4 Å². The minimum absolute atomic E-state index is 0.00509. The van der Waals surface area contributed by atoms with Gasteiger partial charge >= 0.3 is 0 Å². The molecular weight excluding hydrogens is 484 g/mol. The van der Waals surface area contributed by atoms with Gasteiger partial charge in [-0.15, -0.1) is 0 Å². The van der Waals surface area contributed by atoms with Gasteiger partial charge in [-0.25, -0.2) is 0 Å². The molecule has 7 heteroatoms. The van der Waals surface area contributed by atoms with Crippen molar-refractivity contribution in [1.82, 2.24) is 0 Å². The van der Waals surface area contributed by atoms with Crippen molar-refractivity contribution < 1.29 is 14.4 Å². The minimum Gasteiger partial charge on any atom is -0.298 e. The number of hydrogen-bond donors (Lipinski definition) is 0. The highest BCUT2D eigenvalue weighted by Crippen LogP contribution is 2.30. The highest BCUT2D eigenvalue weighted by molar-refractivity contribution is 6.30. The van der Waals surface area contributed by atoms with Crippen molar-refractivity contribution in [1.29, 1.82) is 0 Å². The summed E-state index contributed by atoms with van der Waals surface area (Å²) in [6, 6.07) is 17.6. The number of carbonyl (C=O) groups excluding carboxylic acids is 3. The summed E-state index contributed by atoms with van der Waals surface area (Å²) in [5.41, 5.74) is -3.99. The minimum atomic E-state index is -0.895. The van der Waals surface area contributed by atoms with Crippen molar-refractivity contribution in [2.45, 2.75) is 0 Å². The normalized spacial score (nSPS) is 11.4. The predicted molar refractivity (Wildman–Crippen MR) is 145 cm³/mol. The summed E-state index contributed by atoms with van der Waals surface area (Å²) in [7, 11) is 0. The lowest BCUT2D eigenvalue weighted by molar-refractivity contribution is 0.102. The summed E-state index contributed by atoms with van der Waals surface area (Å²) in [5, 5.41) is -1.57. The topological polar surface area (TPSA) is 119 Å². The van der Waals surface area contributed by atoms with E-state index in [-0.39, 0.29) is 44.3 Å². The molecule has 0 aromatic heterocycles. The van der Waals surface area contributed by atoms with Crippen LogP contribution in [-0.2, 0) is 0 Å². The third kappa shape index (κ3) is 2.93. The summed E-state index contributed by atoms with van der Waals surface area (Å²) in [6.07, 6.45) is 0.694. The van der Waals surface area contributed by atoms with E-state index >= 15 is 0 Å². The molecule has 0 atom stereocenters. The molecule has 0 heterocycles. The molecular formula is C31H14O7. The largest absolute Gasteiger partial charge is 0.298 e. The Bertz CT molecular complexity index is 2270. The second-order valence-electron chi connectivity index (χ2n) is 8.85. The van der Waals surface area contributed by atoms with Crippen LogP contribution in [0.25, 0.3) is 43.1 Å². The maximum atomic E-state index is 14.0. The molecule has 0 spiro atoms. The van der Waals surface area contributed by atoms with Gasteiger partial charge in [-0.05, 0) is 0 Å². The van der Waals surface area contributed by atoms with Crippen LogP contribution in [0.1, 0.15) is 36.6 Å². The molecule has 7 nitrogen and oxygen atoms in total. The second-order valence-corrected chi connectivity index (χ2v) is 8.85. The second kappa shape index (κ2) is 8.31. The molecule has 0 fully saturated rings. The molecule has 6 rings (SSSR count). The Hall–Kier alpha value is -5.43. The van der Waals surface area contributed by atoms with E-state index < -0.39 is 54.8 Å². The van der Waals surface area contributed by atoms with Crippen molar-refractivity contribution in [2.24, 2.45) is 0 Å². The van der Waals surface area contributed by atoms with Crippen molar-refractivity contribution in [3.8, 4) is 0 Å². The van der Waals surface area contributed by atoms with E-state index in [1.54, 1.807) is 24.3 Å². The maximum Gasteiger partial charge on any atom is 0.195 e. The number of carbonyl (C=O) groups is 3. The highest BCUT2D eigenvalue weighted by Gasteiger charge is 2.29. The van der Waals surface area contributed by atoms with Gasteiger partial charge in [0.25, 0.3) is 0 Å². The third-order valence-corrected chi connectivity index (χ3v) is 6.96. The van der Waals surface area contributed by atoms with E-state index in [9.17, 15) is 33.6 Å². The molecule has 0 aliphatic rings. The Morgan fingerprint density at radius 2 is 0.921 bits per heavy atom. The van der Waals surface area contributed by atoms with Gasteiger partial charge < -0.3 is 0 Å². The first-order chi connectivity index (χ1) is 18.4.